The highest BCUT2D eigenvalue weighted by Crippen LogP contribution is 2.26. The first-order valence-electron chi connectivity index (χ1n) is 9.47. The SMILES string of the molecule is CCN(C(=O)c1cccc(S(=O)(=O)N(C)c2cccc(Cl)c2)c1)c1ccccc1C. The fraction of sp³-hybridized carbons (Fsp3) is 0.174. The lowest BCUT2D eigenvalue weighted by Gasteiger charge is -2.24. The molecule has 0 heterocycles. The van der Waals surface area contributed by atoms with Crippen molar-refractivity contribution in [3.63, 3.8) is 0 Å². The molecule has 0 bridgehead atoms. The number of carbonyl (C=O) groups is 1. The van der Waals surface area contributed by atoms with E-state index in [0.29, 0.717) is 22.8 Å². The van der Waals surface area contributed by atoms with Gasteiger partial charge in [-0.1, -0.05) is 41.9 Å². The van der Waals surface area contributed by atoms with Crippen molar-refractivity contribution in [2.75, 3.05) is 22.8 Å². The third-order valence-corrected chi connectivity index (χ3v) is 6.90. The van der Waals surface area contributed by atoms with Crippen LogP contribution in [0, 0.1) is 6.92 Å². The summed E-state index contributed by atoms with van der Waals surface area (Å²) in [5.41, 5.74) is 2.52. The fourth-order valence-corrected chi connectivity index (χ4v) is 4.62. The summed E-state index contributed by atoms with van der Waals surface area (Å²) in [5.74, 6) is -0.255. The Morgan fingerprint density at radius 3 is 2.33 bits per heavy atom. The van der Waals surface area contributed by atoms with Crippen LogP contribution in [0.4, 0.5) is 11.4 Å². The Balaban J connectivity index is 1.97. The molecule has 0 radical (unpaired) electrons. The van der Waals surface area contributed by atoms with E-state index in [2.05, 4.69) is 0 Å². The minimum atomic E-state index is -3.87. The van der Waals surface area contributed by atoms with E-state index < -0.39 is 10.0 Å². The van der Waals surface area contributed by atoms with Crippen molar-refractivity contribution >= 4 is 38.9 Å². The largest absolute Gasteiger partial charge is 0.308 e. The molecular weight excluding hydrogens is 420 g/mol. The zero-order chi connectivity index (χ0) is 21.9. The molecule has 30 heavy (non-hydrogen) atoms. The van der Waals surface area contributed by atoms with Crippen LogP contribution in [-0.2, 0) is 10.0 Å². The van der Waals surface area contributed by atoms with E-state index in [4.69, 9.17) is 11.6 Å². The molecule has 0 saturated carbocycles. The summed E-state index contributed by atoms with van der Waals surface area (Å²) < 4.78 is 27.4. The first-order chi connectivity index (χ1) is 14.3. The van der Waals surface area contributed by atoms with Gasteiger partial charge in [-0.05, 0) is 61.9 Å². The number of benzene rings is 3. The average Bonchev–Trinajstić information content (AvgIpc) is 2.75. The second-order valence-corrected chi connectivity index (χ2v) is 9.22. The van der Waals surface area contributed by atoms with E-state index in [1.807, 2.05) is 38.1 Å². The molecule has 3 rings (SSSR count). The predicted octanol–water partition coefficient (Wildman–Crippen LogP) is 5.14. The number of hydrogen-bond acceptors (Lipinski definition) is 3. The fourth-order valence-electron chi connectivity index (χ4n) is 3.20. The summed E-state index contributed by atoms with van der Waals surface area (Å²) in [5, 5.41) is 0.440. The number of sulfonamides is 1. The highest BCUT2D eigenvalue weighted by Gasteiger charge is 2.24. The summed E-state index contributed by atoms with van der Waals surface area (Å²) in [6.45, 7) is 4.28. The van der Waals surface area contributed by atoms with Crippen molar-refractivity contribution in [3.05, 3.63) is 88.9 Å². The molecule has 7 heteroatoms. The number of hydrogen-bond donors (Lipinski definition) is 0. The molecule has 0 unspecified atom stereocenters. The van der Waals surface area contributed by atoms with E-state index >= 15 is 0 Å². The normalized spacial score (nSPS) is 11.2. The van der Waals surface area contributed by atoms with Gasteiger partial charge in [-0.3, -0.25) is 9.10 Å². The maximum atomic E-state index is 13.2. The van der Waals surface area contributed by atoms with Crippen molar-refractivity contribution in [2.45, 2.75) is 18.7 Å². The minimum absolute atomic E-state index is 0.0386. The number of amides is 1. The first kappa shape index (κ1) is 21.9. The molecule has 0 aliphatic rings. The number of halogens is 1. The van der Waals surface area contributed by atoms with Crippen LogP contribution in [0.25, 0.3) is 0 Å². The molecule has 0 N–H and O–H groups in total. The lowest BCUT2D eigenvalue weighted by Crippen LogP contribution is -2.32. The van der Waals surface area contributed by atoms with Crippen molar-refractivity contribution in [1.82, 2.24) is 0 Å². The lowest BCUT2D eigenvalue weighted by molar-refractivity contribution is 0.0988. The van der Waals surface area contributed by atoms with Crippen LogP contribution in [0.3, 0.4) is 0 Å². The highest BCUT2D eigenvalue weighted by atomic mass is 35.5. The molecule has 0 atom stereocenters. The maximum Gasteiger partial charge on any atom is 0.264 e. The van der Waals surface area contributed by atoms with Crippen molar-refractivity contribution in [1.29, 1.82) is 0 Å². The summed E-state index contributed by atoms with van der Waals surface area (Å²) in [6, 6.07) is 20.3. The van der Waals surface area contributed by atoms with Crippen molar-refractivity contribution < 1.29 is 13.2 Å². The summed E-state index contributed by atoms with van der Waals surface area (Å²) in [6.07, 6.45) is 0. The van der Waals surface area contributed by atoms with Gasteiger partial charge in [0.25, 0.3) is 15.9 Å². The van der Waals surface area contributed by atoms with Gasteiger partial charge >= 0.3 is 0 Å². The minimum Gasteiger partial charge on any atom is -0.308 e. The van der Waals surface area contributed by atoms with Gasteiger partial charge in [0.2, 0.25) is 0 Å². The molecule has 3 aromatic rings. The molecule has 0 aliphatic heterocycles. The summed E-state index contributed by atoms with van der Waals surface area (Å²) in [4.78, 5) is 14.9. The third kappa shape index (κ3) is 4.35. The van der Waals surface area contributed by atoms with Gasteiger partial charge in [-0.25, -0.2) is 8.42 Å². The Morgan fingerprint density at radius 1 is 0.967 bits per heavy atom. The molecular formula is C23H23ClN2O3S. The van der Waals surface area contributed by atoms with Gasteiger partial charge in [0.05, 0.1) is 10.6 Å². The number of carbonyl (C=O) groups excluding carboxylic acids is 1. The Bertz CT molecular complexity index is 1180. The van der Waals surface area contributed by atoms with E-state index in [-0.39, 0.29) is 10.8 Å². The molecule has 0 aromatic heterocycles. The molecule has 5 nitrogen and oxygen atoms in total. The number of rotatable bonds is 6. The predicted molar refractivity (Wildman–Crippen MR) is 122 cm³/mol. The zero-order valence-corrected chi connectivity index (χ0v) is 18.6. The molecule has 0 saturated heterocycles. The number of para-hydroxylation sites is 1. The monoisotopic (exact) mass is 442 g/mol. The average molecular weight is 443 g/mol. The maximum absolute atomic E-state index is 13.2. The van der Waals surface area contributed by atoms with Crippen LogP contribution >= 0.6 is 11.6 Å². The highest BCUT2D eigenvalue weighted by molar-refractivity contribution is 7.92. The van der Waals surface area contributed by atoms with Crippen LogP contribution < -0.4 is 9.21 Å². The Labute approximate surface area is 182 Å². The van der Waals surface area contributed by atoms with E-state index in [0.717, 1.165) is 15.6 Å². The van der Waals surface area contributed by atoms with Crippen LogP contribution in [0.2, 0.25) is 5.02 Å². The first-order valence-corrected chi connectivity index (χ1v) is 11.3. The van der Waals surface area contributed by atoms with Gasteiger partial charge in [0.1, 0.15) is 0 Å². The van der Waals surface area contributed by atoms with E-state index in [9.17, 15) is 13.2 Å². The van der Waals surface area contributed by atoms with E-state index in [1.54, 1.807) is 41.3 Å². The summed E-state index contributed by atoms with van der Waals surface area (Å²) in [7, 11) is -2.41. The number of aryl methyl sites for hydroxylation is 1. The molecule has 3 aromatic carbocycles. The standard InChI is InChI=1S/C23H23ClN2O3S/c1-4-26(22-14-6-5-9-17(22)2)23(27)18-10-7-13-21(15-18)30(28,29)25(3)20-12-8-11-19(24)16-20/h5-16H,4H2,1-3H3. The van der Waals surface area contributed by atoms with Crippen LogP contribution in [0.15, 0.2) is 77.7 Å². The van der Waals surface area contributed by atoms with Crippen LogP contribution in [0.5, 0.6) is 0 Å². The van der Waals surface area contributed by atoms with E-state index in [1.165, 1.54) is 19.2 Å². The topological polar surface area (TPSA) is 57.7 Å². The van der Waals surface area contributed by atoms with Gasteiger partial charge in [-0.2, -0.15) is 0 Å². The Morgan fingerprint density at radius 2 is 1.67 bits per heavy atom. The second-order valence-electron chi connectivity index (χ2n) is 6.82. The van der Waals surface area contributed by atoms with Gasteiger partial charge < -0.3 is 4.90 Å². The van der Waals surface area contributed by atoms with Crippen molar-refractivity contribution in [3.8, 4) is 0 Å². The van der Waals surface area contributed by atoms with Crippen LogP contribution in [0.1, 0.15) is 22.8 Å². The molecule has 0 spiro atoms. The quantitative estimate of drug-likeness (QED) is 0.531. The van der Waals surface area contributed by atoms with Crippen molar-refractivity contribution in [2.24, 2.45) is 0 Å². The second kappa shape index (κ2) is 8.90. The zero-order valence-electron chi connectivity index (χ0n) is 17.0. The summed E-state index contributed by atoms with van der Waals surface area (Å²) >= 11 is 6.00. The lowest BCUT2D eigenvalue weighted by atomic mass is 10.1. The Kier molecular flexibility index (Phi) is 6.48. The number of nitrogens with zero attached hydrogens (tertiary/aromatic N) is 2. The van der Waals surface area contributed by atoms with Gasteiger partial charge in [-0.15, -0.1) is 0 Å². The molecule has 0 fully saturated rings. The molecule has 156 valence electrons. The number of anilines is 2. The smallest absolute Gasteiger partial charge is 0.264 e. The molecule has 1 amide bonds. The van der Waals surface area contributed by atoms with Crippen LogP contribution in [-0.4, -0.2) is 27.9 Å². The molecule has 0 aliphatic carbocycles. The Hall–Kier alpha value is -2.83. The van der Waals surface area contributed by atoms with Gasteiger partial charge in [0.15, 0.2) is 0 Å². The van der Waals surface area contributed by atoms with Gasteiger partial charge in [0, 0.05) is 29.9 Å². The third-order valence-electron chi connectivity index (χ3n) is 4.88.